The Kier molecular flexibility index (Phi) is 4.65. The van der Waals surface area contributed by atoms with Gasteiger partial charge in [-0.2, -0.15) is 0 Å². The van der Waals surface area contributed by atoms with Crippen LogP contribution in [0.5, 0.6) is 11.5 Å². The van der Waals surface area contributed by atoms with Crippen molar-refractivity contribution in [2.24, 2.45) is 0 Å². The van der Waals surface area contributed by atoms with Gasteiger partial charge < -0.3 is 19.2 Å². The van der Waals surface area contributed by atoms with Crippen LogP contribution in [-0.4, -0.2) is 19.6 Å². The van der Waals surface area contributed by atoms with E-state index in [2.05, 4.69) is 5.32 Å². The fourth-order valence-electron chi connectivity index (χ4n) is 3.37. The highest BCUT2D eigenvalue weighted by Gasteiger charge is 2.15. The van der Waals surface area contributed by atoms with Gasteiger partial charge in [0.15, 0.2) is 6.61 Å². The van der Waals surface area contributed by atoms with E-state index < -0.39 is 0 Å². The summed E-state index contributed by atoms with van der Waals surface area (Å²) in [6.45, 7) is 3.82. The number of rotatable bonds is 5. The first-order valence-corrected chi connectivity index (χ1v) is 9.05. The van der Waals surface area contributed by atoms with Crippen molar-refractivity contribution >= 4 is 33.5 Å². The molecule has 5 nitrogen and oxygen atoms in total. The number of amides is 1. The molecule has 0 fully saturated rings. The number of fused-ring (bicyclic) bond motifs is 3. The van der Waals surface area contributed by atoms with E-state index in [4.69, 9.17) is 13.9 Å². The Morgan fingerprint density at radius 3 is 2.46 bits per heavy atom. The van der Waals surface area contributed by atoms with Crippen LogP contribution in [0.2, 0.25) is 0 Å². The van der Waals surface area contributed by atoms with E-state index in [0.717, 1.165) is 33.2 Å². The average molecular weight is 375 g/mol. The molecule has 1 amide bonds. The Hall–Kier alpha value is -3.47. The van der Waals surface area contributed by atoms with Gasteiger partial charge >= 0.3 is 0 Å². The molecule has 4 rings (SSSR count). The topological polar surface area (TPSA) is 60.7 Å². The molecular formula is C23H21NO4. The first-order valence-electron chi connectivity index (χ1n) is 9.05. The smallest absolute Gasteiger partial charge is 0.262 e. The van der Waals surface area contributed by atoms with E-state index in [9.17, 15) is 4.79 Å². The molecule has 0 aliphatic heterocycles. The van der Waals surface area contributed by atoms with Gasteiger partial charge in [0.05, 0.1) is 12.8 Å². The van der Waals surface area contributed by atoms with Gasteiger partial charge in [0.25, 0.3) is 5.91 Å². The number of ether oxygens (including phenoxy) is 2. The maximum absolute atomic E-state index is 12.5. The minimum absolute atomic E-state index is 0.0903. The molecule has 5 heteroatoms. The lowest BCUT2D eigenvalue weighted by atomic mass is 10.1. The Morgan fingerprint density at radius 2 is 1.71 bits per heavy atom. The van der Waals surface area contributed by atoms with Crippen molar-refractivity contribution in [3.05, 3.63) is 65.7 Å². The van der Waals surface area contributed by atoms with Crippen molar-refractivity contribution in [2.75, 3.05) is 19.0 Å². The molecule has 0 spiro atoms. The highest BCUT2D eigenvalue weighted by Crippen LogP contribution is 2.36. The molecule has 0 saturated carbocycles. The van der Waals surface area contributed by atoms with Gasteiger partial charge in [-0.1, -0.05) is 36.4 Å². The zero-order valence-corrected chi connectivity index (χ0v) is 16.0. The van der Waals surface area contributed by atoms with Crippen molar-refractivity contribution in [3.8, 4) is 11.5 Å². The van der Waals surface area contributed by atoms with Gasteiger partial charge in [0.1, 0.15) is 22.7 Å². The van der Waals surface area contributed by atoms with Crippen LogP contribution >= 0.6 is 0 Å². The highest BCUT2D eigenvalue weighted by atomic mass is 16.5. The fourth-order valence-corrected chi connectivity index (χ4v) is 3.37. The van der Waals surface area contributed by atoms with E-state index in [-0.39, 0.29) is 12.5 Å². The zero-order chi connectivity index (χ0) is 19.7. The predicted molar refractivity (Wildman–Crippen MR) is 110 cm³/mol. The van der Waals surface area contributed by atoms with E-state index in [1.807, 2.05) is 62.4 Å². The summed E-state index contributed by atoms with van der Waals surface area (Å²) in [6, 6.07) is 17.3. The quantitative estimate of drug-likeness (QED) is 0.519. The van der Waals surface area contributed by atoms with Crippen LogP contribution in [0, 0.1) is 13.8 Å². The van der Waals surface area contributed by atoms with Crippen molar-refractivity contribution in [1.29, 1.82) is 0 Å². The van der Waals surface area contributed by atoms with Gasteiger partial charge in [-0.3, -0.25) is 4.79 Å². The summed E-state index contributed by atoms with van der Waals surface area (Å²) in [5, 5.41) is 4.81. The Bertz CT molecular complexity index is 1160. The predicted octanol–water partition coefficient (Wildman–Crippen LogP) is 5.23. The molecule has 0 saturated heterocycles. The molecular weight excluding hydrogens is 354 g/mol. The van der Waals surface area contributed by atoms with Crippen molar-refractivity contribution < 1.29 is 18.7 Å². The van der Waals surface area contributed by atoms with Crippen LogP contribution in [0.25, 0.3) is 21.9 Å². The van der Waals surface area contributed by atoms with Crippen LogP contribution in [-0.2, 0) is 4.79 Å². The third-order valence-electron chi connectivity index (χ3n) is 4.73. The number of para-hydroxylation sites is 2. The normalized spacial score (nSPS) is 11.0. The lowest BCUT2D eigenvalue weighted by Gasteiger charge is -2.13. The number of hydrogen-bond acceptors (Lipinski definition) is 4. The Balaban J connectivity index is 1.58. The molecule has 0 unspecified atom stereocenters. The molecule has 3 aromatic carbocycles. The Morgan fingerprint density at radius 1 is 0.964 bits per heavy atom. The molecule has 0 aliphatic rings. The maximum atomic E-state index is 12.5. The van der Waals surface area contributed by atoms with E-state index >= 15 is 0 Å². The molecule has 1 N–H and O–H groups in total. The van der Waals surface area contributed by atoms with Crippen molar-refractivity contribution in [3.63, 3.8) is 0 Å². The second-order valence-corrected chi connectivity index (χ2v) is 6.70. The van der Waals surface area contributed by atoms with Crippen LogP contribution in [0.15, 0.2) is 59.0 Å². The largest absolute Gasteiger partial charge is 0.495 e. The number of methoxy groups -OCH3 is 1. The summed E-state index contributed by atoms with van der Waals surface area (Å²) >= 11 is 0. The summed E-state index contributed by atoms with van der Waals surface area (Å²) in [5.74, 6) is 1.04. The van der Waals surface area contributed by atoms with Gasteiger partial charge in [0, 0.05) is 16.8 Å². The van der Waals surface area contributed by atoms with E-state index in [1.165, 1.54) is 0 Å². The van der Waals surface area contributed by atoms with E-state index in [0.29, 0.717) is 17.0 Å². The number of hydrogen-bond donors (Lipinski definition) is 1. The molecule has 0 bridgehead atoms. The van der Waals surface area contributed by atoms with Gasteiger partial charge in [-0.05, 0) is 37.1 Å². The fraction of sp³-hybridized carbons (Fsp3) is 0.174. The molecule has 142 valence electrons. The molecule has 0 atom stereocenters. The average Bonchev–Trinajstić information content (AvgIpc) is 3.04. The molecule has 0 radical (unpaired) electrons. The van der Waals surface area contributed by atoms with Gasteiger partial charge in [0.2, 0.25) is 0 Å². The molecule has 0 aliphatic carbocycles. The Labute approximate surface area is 162 Å². The highest BCUT2D eigenvalue weighted by molar-refractivity contribution is 6.07. The number of carbonyl (C=O) groups excluding carboxylic acids is 1. The van der Waals surface area contributed by atoms with E-state index in [1.54, 1.807) is 13.2 Å². The van der Waals surface area contributed by atoms with Crippen LogP contribution in [0.3, 0.4) is 0 Å². The third-order valence-corrected chi connectivity index (χ3v) is 4.73. The second kappa shape index (κ2) is 7.27. The summed E-state index contributed by atoms with van der Waals surface area (Å²) in [4.78, 5) is 12.5. The molecule has 4 aromatic rings. The number of furan rings is 1. The SMILES string of the molecule is COc1cc2c(cc1NC(=O)COc1c(C)cccc1C)oc1ccccc12. The lowest BCUT2D eigenvalue weighted by molar-refractivity contribution is -0.118. The second-order valence-electron chi connectivity index (χ2n) is 6.70. The number of aryl methyl sites for hydroxylation is 2. The minimum Gasteiger partial charge on any atom is -0.495 e. The standard InChI is InChI=1S/C23H21NO4/c1-14-7-6-8-15(2)23(14)27-13-22(25)24-18-12-20-17(11-21(18)26-3)16-9-4-5-10-19(16)28-20/h4-12H,13H2,1-3H3,(H,24,25). The first-order chi connectivity index (χ1) is 13.6. The van der Waals surface area contributed by atoms with Crippen LogP contribution in [0.1, 0.15) is 11.1 Å². The van der Waals surface area contributed by atoms with Gasteiger partial charge in [-0.25, -0.2) is 0 Å². The van der Waals surface area contributed by atoms with Crippen molar-refractivity contribution in [1.82, 2.24) is 0 Å². The number of carbonyl (C=O) groups is 1. The first kappa shape index (κ1) is 17.9. The summed E-state index contributed by atoms with van der Waals surface area (Å²) < 4.78 is 17.1. The summed E-state index contributed by atoms with van der Waals surface area (Å²) in [6.07, 6.45) is 0. The number of anilines is 1. The molecule has 1 heterocycles. The minimum atomic E-state index is -0.267. The van der Waals surface area contributed by atoms with Crippen molar-refractivity contribution in [2.45, 2.75) is 13.8 Å². The van der Waals surface area contributed by atoms with Crippen LogP contribution < -0.4 is 14.8 Å². The third kappa shape index (κ3) is 3.27. The number of nitrogens with one attached hydrogen (secondary N) is 1. The molecule has 28 heavy (non-hydrogen) atoms. The van der Waals surface area contributed by atoms with Gasteiger partial charge in [-0.15, -0.1) is 0 Å². The lowest BCUT2D eigenvalue weighted by Crippen LogP contribution is -2.21. The molecule has 1 aromatic heterocycles. The number of benzene rings is 3. The van der Waals surface area contributed by atoms with Crippen LogP contribution in [0.4, 0.5) is 5.69 Å². The maximum Gasteiger partial charge on any atom is 0.262 e. The monoisotopic (exact) mass is 375 g/mol. The summed E-state index contributed by atoms with van der Waals surface area (Å²) in [5.41, 5.74) is 4.02. The summed E-state index contributed by atoms with van der Waals surface area (Å²) in [7, 11) is 1.58. The zero-order valence-electron chi connectivity index (χ0n) is 16.0.